The third kappa shape index (κ3) is 5.06. The normalized spacial score (nSPS) is 12.3. The summed E-state index contributed by atoms with van der Waals surface area (Å²) in [5.41, 5.74) is 6.63. The van der Waals surface area contributed by atoms with Crippen molar-refractivity contribution >= 4 is 23.8 Å². The molecule has 3 aromatic rings. The zero-order valence-corrected chi connectivity index (χ0v) is 18.0. The molecule has 0 atom stereocenters. The molecule has 32 heavy (non-hydrogen) atoms. The highest BCUT2D eigenvalue weighted by Gasteiger charge is 2.28. The number of ether oxygens (including phenoxy) is 1. The summed E-state index contributed by atoms with van der Waals surface area (Å²) in [6, 6.07) is 24.2. The summed E-state index contributed by atoms with van der Waals surface area (Å²) < 4.78 is 5.54. The predicted octanol–water partition coefficient (Wildman–Crippen LogP) is 5.59. The Morgan fingerprint density at radius 3 is 2.16 bits per heavy atom. The minimum atomic E-state index is -0.403. The van der Waals surface area contributed by atoms with E-state index in [9.17, 15) is 9.59 Å². The fourth-order valence-electron chi connectivity index (χ4n) is 4.01. The number of alkyl carbamates (subject to hydrolysis) is 1. The third-order valence-corrected chi connectivity index (χ3v) is 5.47. The van der Waals surface area contributed by atoms with E-state index in [1.165, 1.54) is 29.2 Å². The van der Waals surface area contributed by atoms with Crippen molar-refractivity contribution in [1.29, 1.82) is 0 Å². The lowest BCUT2D eigenvalue weighted by molar-refractivity contribution is -0.114. The average Bonchev–Trinajstić information content (AvgIpc) is 3.12. The quantitative estimate of drug-likeness (QED) is 0.484. The van der Waals surface area contributed by atoms with Gasteiger partial charge >= 0.3 is 6.09 Å². The molecule has 1 aliphatic carbocycles. The predicted molar refractivity (Wildman–Crippen MR) is 127 cm³/mol. The molecule has 2 N–H and O–H groups in total. The van der Waals surface area contributed by atoms with E-state index in [-0.39, 0.29) is 11.8 Å². The van der Waals surface area contributed by atoms with Gasteiger partial charge < -0.3 is 15.4 Å². The number of carbonyl (C=O) groups is 2. The van der Waals surface area contributed by atoms with E-state index in [1.54, 1.807) is 0 Å². The van der Waals surface area contributed by atoms with E-state index in [0.29, 0.717) is 19.6 Å². The van der Waals surface area contributed by atoms with Gasteiger partial charge in [0.1, 0.15) is 6.61 Å². The summed E-state index contributed by atoms with van der Waals surface area (Å²) in [7, 11) is 0. The Balaban J connectivity index is 1.23. The van der Waals surface area contributed by atoms with Crippen molar-refractivity contribution in [2.75, 3.05) is 18.5 Å². The van der Waals surface area contributed by atoms with E-state index in [2.05, 4.69) is 34.9 Å². The fourth-order valence-corrected chi connectivity index (χ4v) is 4.01. The molecule has 4 rings (SSSR count). The van der Waals surface area contributed by atoms with Gasteiger partial charge in [-0.3, -0.25) is 4.79 Å². The lowest BCUT2D eigenvalue weighted by Gasteiger charge is -2.14. The van der Waals surface area contributed by atoms with Crippen LogP contribution in [0.3, 0.4) is 0 Å². The Morgan fingerprint density at radius 1 is 0.906 bits per heavy atom. The molecule has 162 valence electrons. The van der Waals surface area contributed by atoms with Crippen LogP contribution >= 0.6 is 0 Å². The van der Waals surface area contributed by atoms with Crippen LogP contribution < -0.4 is 10.6 Å². The van der Waals surface area contributed by atoms with Crippen LogP contribution in [0.5, 0.6) is 0 Å². The first-order chi connectivity index (χ1) is 15.6. The van der Waals surface area contributed by atoms with Gasteiger partial charge in [-0.2, -0.15) is 0 Å². The van der Waals surface area contributed by atoms with Crippen LogP contribution in [-0.2, 0) is 9.53 Å². The number of anilines is 1. The van der Waals surface area contributed by atoms with Gasteiger partial charge in [-0.1, -0.05) is 72.8 Å². The lowest BCUT2D eigenvalue weighted by Crippen LogP contribution is -2.26. The van der Waals surface area contributed by atoms with E-state index < -0.39 is 6.09 Å². The Labute approximate surface area is 188 Å². The standard InChI is InChI=1S/C27H26N2O3/c1-19(30)29-21-15-13-20(14-16-21)8-6-7-17-28-27(31)32-18-26-24-11-4-2-9-22(24)23-10-3-5-12-25(23)26/h2-6,8-16,26H,7,17-18H2,1H3,(H,28,31)(H,29,30). The first-order valence-corrected chi connectivity index (χ1v) is 10.7. The number of carbonyl (C=O) groups excluding carboxylic acids is 2. The molecule has 5 nitrogen and oxygen atoms in total. The molecule has 1 aliphatic rings. The molecule has 0 aromatic heterocycles. The van der Waals surface area contributed by atoms with Gasteiger partial charge in [0, 0.05) is 25.1 Å². The van der Waals surface area contributed by atoms with Gasteiger partial charge in [-0.15, -0.1) is 0 Å². The smallest absolute Gasteiger partial charge is 0.407 e. The number of hydrogen-bond acceptors (Lipinski definition) is 3. The maximum absolute atomic E-state index is 12.2. The Kier molecular flexibility index (Phi) is 6.66. The molecule has 5 heteroatoms. The van der Waals surface area contributed by atoms with Crippen LogP contribution in [0.15, 0.2) is 78.9 Å². The minimum absolute atomic E-state index is 0.0634. The van der Waals surface area contributed by atoms with E-state index >= 15 is 0 Å². The Hall–Kier alpha value is -3.86. The van der Waals surface area contributed by atoms with E-state index in [4.69, 9.17) is 4.74 Å². The number of fused-ring (bicyclic) bond motifs is 3. The lowest BCUT2D eigenvalue weighted by atomic mass is 9.98. The van der Waals surface area contributed by atoms with Crippen molar-refractivity contribution in [1.82, 2.24) is 5.32 Å². The van der Waals surface area contributed by atoms with E-state index in [0.717, 1.165) is 11.3 Å². The average molecular weight is 427 g/mol. The van der Waals surface area contributed by atoms with Crippen LogP contribution in [0.1, 0.15) is 36.0 Å². The van der Waals surface area contributed by atoms with Crippen molar-refractivity contribution in [2.24, 2.45) is 0 Å². The molecule has 0 bridgehead atoms. The minimum Gasteiger partial charge on any atom is -0.449 e. The zero-order valence-electron chi connectivity index (χ0n) is 18.0. The summed E-state index contributed by atoms with van der Waals surface area (Å²) in [6.45, 7) is 2.30. The maximum atomic E-state index is 12.2. The second-order valence-electron chi connectivity index (χ2n) is 7.75. The van der Waals surface area contributed by atoms with Crippen molar-refractivity contribution in [2.45, 2.75) is 19.3 Å². The van der Waals surface area contributed by atoms with Gasteiger partial charge in [-0.05, 0) is 46.4 Å². The first-order valence-electron chi connectivity index (χ1n) is 10.7. The summed E-state index contributed by atoms with van der Waals surface area (Å²) in [4.78, 5) is 23.2. The number of hydrogen-bond donors (Lipinski definition) is 2. The summed E-state index contributed by atoms with van der Waals surface area (Å²) in [5.74, 6) is -0.0267. The number of amides is 2. The van der Waals surface area contributed by atoms with Crippen LogP contribution in [0.2, 0.25) is 0 Å². The Bertz CT molecular complexity index is 1090. The van der Waals surface area contributed by atoms with Crippen LogP contribution in [0, 0.1) is 0 Å². The van der Waals surface area contributed by atoms with Crippen molar-refractivity contribution < 1.29 is 14.3 Å². The van der Waals surface area contributed by atoms with E-state index in [1.807, 2.05) is 60.7 Å². The monoisotopic (exact) mass is 426 g/mol. The fraction of sp³-hybridized carbons (Fsp3) is 0.185. The summed E-state index contributed by atoms with van der Waals surface area (Å²) >= 11 is 0. The second-order valence-corrected chi connectivity index (χ2v) is 7.75. The molecule has 0 saturated heterocycles. The van der Waals surface area contributed by atoms with Gasteiger partial charge in [0.15, 0.2) is 0 Å². The SMILES string of the molecule is CC(=O)Nc1ccc(C=CCCNC(=O)OCC2c3ccccc3-c3ccccc32)cc1. The van der Waals surface area contributed by atoms with Crippen molar-refractivity contribution in [3.05, 3.63) is 95.6 Å². The van der Waals surface area contributed by atoms with Crippen LogP contribution in [0.25, 0.3) is 17.2 Å². The molecule has 3 aromatic carbocycles. The molecular formula is C27H26N2O3. The third-order valence-electron chi connectivity index (χ3n) is 5.47. The van der Waals surface area contributed by atoms with Gasteiger partial charge in [-0.25, -0.2) is 4.79 Å². The van der Waals surface area contributed by atoms with Crippen molar-refractivity contribution in [3.8, 4) is 11.1 Å². The number of nitrogens with one attached hydrogen (secondary N) is 2. The molecule has 0 fully saturated rings. The number of rotatable bonds is 7. The summed E-state index contributed by atoms with van der Waals surface area (Å²) in [6.07, 6.45) is 4.27. The molecule has 0 radical (unpaired) electrons. The summed E-state index contributed by atoms with van der Waals surface area (Å²) in [5, 5.41) is 5.55. The highest BCUT2D eigenvalue weighted by atomic mass is 16.5. The molecular weight excluding hydrogens is 400 g/mol. The Morgan fingerprint density at radius 2 is 1.53 bits per heavy atom. The van der Waals surface area contributed by atoms with Crippen LogP contribution in [0.4, 0.5) is 10.5 Å². The van der Waals surface area contributed by atoms with Gasteiger partial charge in [0.2, 0.25) is 5.91 Å². The number of benzene rings is 3. The van der Waals surface area contributed by atoms with Crippen LogP contribution in [-0.4, -0.2) is 25.2 Å². The molecule has 0 spiro atoms. The zero-order chi connectivity index (χ0) is 22.3. The second kappa shape index (κ2) is 9.96. The van der Waals surface area contributed by atoms with Gasteiger partial charge in [0.05, 0.1) is 0 Å². The highest BCUT2D eigenvalue weighted by Crippen LogP contribution is 2.44. The molecule has 0 unspecified atom stereocenters. The topological polar surface area (TPSA) is 67.4 Å². The maximum Gasteiger partial charge on any atom is 0.407 e. The molecule has 0 saturated carbocycles. The molecule has 0 aliphatic heterocycles. The largest absolute Gasteiger partial charge is 0.449 e. The molecule has 2 amide bonds. The first kappa shape index (κ1) is 21.4. The van der Waals surface area contributed by atoms with Gasteiger partial charge in [0.25, 0.3) is 0 Å². The van der Waals surface area contributed by atoms with Crippen molar-refractivity contribution in [3.63, 3.8) is 0 Å². The molecule has 0 heterocycles. The highest BCUT2D eigenvalue weighted by molar-refractivity contribution is 5.88.